The van der Waals surface area contributed by atoms with Gasteiger partial charge < -0.3 is 19.7 Å². The molecule has 5 rings (SSSR count). The van der Waals surface area contributed by atoms with Crippen LogP contribution in [0, 0.1) is 20.8 Å². The summed E-state index contributed by atoms with van der Waals surface area (Å²) in [5, 5.41) is 3.30. The van der Waals surface area contributed by atoms with Gasteiger partial charge in [-0.2, -0.15) is 0 Å². The molecule has 170 valence electrons. The fraction of sp³-hybridized carbons (Fsp3) is 0.360. The first kappa shape index (κ1) is 21.2. The molecule has 8 nitrogen and oxygen atoms in total. The lowest BCUT2D eigenvalue weighted by molar-refractivity contribution is 0.0731. The van der Waals surface area contributed by atoms with Crippen LogP contribution in [0.25, 0.3) is 0 Å². The monoisotopic (exact) mass is 445 g/mol. The standard InChI is InChI=1S/C25H27N5O3/c1-15-11-16(2)28-25(27-15)29-19-12-17(3)26-20(14-19)21-5-4-8-30(21)24(31)18-6-7-22-23(13-18)33-10-9-32-22/h6-7,11-14,21H,4-5,8-10H2,1-3H3,(H,26,27,28,29)/t21-/m1/s1. The molecule has 1 saturated heterocycles. The largest absolute Gasteiger partial charge is 0.486 e. The number of hydrogen-bond acceptors (Lipinski definition) is 7. The van der Waals surface area contributed by atoms with Crippen LogP contribution in [-0.2, 0) is 0 Å². The summed E-state index contributed by atoms with van der Waals surface area (Å²) in [4.78, 5) is 29.0. The molecule has 1 atom stereocenters. The van der Waals surface area contributed by atoms with Gasteiger partial charge in [0.25, 0.3) is 5.91 Å². The lowest BCUT2D eigenvalue weighted by atomic mass is 10.1. The zero-order valence-corrected chi connectivity index (χ0v) is 19.1. The van der Waals surface area contributed by atoms with Crippen molar-refractivity contribution in [2.75, 3.05) is 25.1 Å². The molecule has 2 aromatic heterocycles. The summed E-state index contributed by atoms with van der Waals surface area (Å²) in [5.41, 5.74) is 5.01. The lowest BCUT2D eigenvalue weighted by Crippen LogP contribution is -2.31. The van der Waals surface area contributed by atoms with Crippen molar-refractivity contribution < 1.29 is 14.3 Å². The van der Waals surface area contributed by atoms with Crippen LogP contribution in [0.3, 0.4) is 0 Å². The minimum Gasteiger partial charge on any atom is -0.486 e. The summed E-state index contributed by atoms with van der Waals surface area (Å²) in [6.07, 6.45) is 1.80. The number of hydrogen-bond donors (Lipinski definition) is 1. The number of benzene rings is 1. The number of rotatable bonds is 4. The molecule has 0 radical (unpaired) electrons. The zero-order chi connectivity index (χ0) is 22.9. The number of aryl methyl sites for hydroxylation is 3. The first-order valence-electron chi connectivity index (χ1n) is 11.2. The Kier molecular flexibility index (Phi) is 5.58. The second-order valence-corrected chi connectivity index (χ2v) is 8.54. The average Bonchev–Trinajstić information content (AvgIpc) is 3.27. The van der Waals surface area contributed by atoms with Crippen LogP contribution >= 0.6 is 0 Å². The fourth-order valence-corrected chi connectivity index (χ4v) is 4.51. The summed E-state index contributed by atoms with van der Waals surface area (Å²) < 4.78 is 11.3. The number of amides is 1. The van der Waals surface area contributed by atoms with Crippen LogP contribution in [0.5, 0.6) is 11.5 Å². The molecular formula is C25H27N5O3. The number of ether oxygens (including phenoxy) is 2. The van der Waals surface area contributed by atoms with E-state index in [2.05, 4.69) is 15.3 Å². The third kappa shape index (κ3) is 4.46. The molecular weight excluding hydrogens is 418 g/mol. The summed E-state index contributed by atoms with van der Waals surface area (Å²) in [6.45, 7) is 7.56. The second-order valence-electron chi connectivity index (χ2n) is 8.54. The van der Waals surface area contributed by atoms with Gasteiger partial charge in [-0.05, 0) is 70.0 Å². The van der Waals surface area contributed by atoms with Crippen LogP contribution in [0.15, 0.2) is 36.4 Å². The molecule has 1 N–H and O–H groups in total. The quantitative estimate of drug-likeness (QED) is 0.641. The highest BCUT2D eigenvalue weighted by atomic mass is 16.6. The molecule has 0 bridgehead atoms. The smallest absolute Gasteiger partial charge is 0.254 e. The van der Waals surface area contributed by atoms with Crippen LogP contribution in [0.4, 0.5) is 11.6 Å². The molecule has 1 fully saturated rings. The molecule has 0 aliphatic carbocycles. The molecule has 0 saturated carbocycles. The molecule has 3 aromatic rings. The highest BCUT2D eigenvalue weighted by molar-refractivity contribution is 5.95. The predicted octanol–water partition coefficient (Wildman–Crippen LogP) is 4.29. The molecule has 1 amide bonds. The highest BCUT2D eigenvalue weighted by Crippen LogP contribution is 2.36. The van der Waals surface area contributed by atoms with Gasteiger partial charge in [-0.25, -0.2) is 9.97 Å². The number of carbonyl (C=O) groups is 1. The molecule has 8 heteroatoms. The van der Waals surface area contributed by atoms with Gasteiger partial charge in [0.2, 0.25) is 5.95 Å². The Morgan fingerprint density at radius 2 is 1.67 bits per heavy atom. The van der Waals surface area contributed by atoms with Crippen LogP contribution < -0.4 is 14.8 Å². The van der Waals surface area contributed by atoms with Crippen molar-refractivity contribution in [2.45, 2.75) is 39.7 Å². The number of nitrogens with one attached hydrogen (secondary N) is 1. The summed E-state index contributed by atoms with van der Waals surface area (Å²) in [6, 6.07) is 11.2. The van der Waals surface area contributed by atoms with Gasteiger partial charge in [0.1, 0.15) is 13.2 Å². The van der Waals surface area contributed by atoms with Crippen molar-refractivity contribution in [2.24, 2.45) is 0 Å². The van der Waals surface area contributed by atoms with Crippen molar-refractivity contribution >= 4 is 17.5 Å². The Hall–Kier alpha value is -3.68. The third-order valence-corrected chi connectivity index (χ3v) is 5.86. The van der Waals surface area contributed by atoms with Crippen LogP contribution in [-0.4, -0.2) is 45.5 Å². The number of fused-ring (bicyclic) bond motifs is 1. The summed E-state index contributed by atoms with van der Waals surface area (Å²) in [7, 11) is 0. The van der Waals surface area contributed by atoms with E-state index in [9.17, 15) is 4.79 Å². The Bertz CT molecular complexity index is 1190. The average molecular weight is 446 g/mol. The number of carbonyl (C=O) groups excluding carboxylic acids is 1. The molecule has 4 heterocycles. The number of likely N-dealkylation sites (tertiary alicyclic amines) is 1. The normalized spacial score (nSPS) is 17.2. The maximum absolute atomic E-state index is 13.4. The predicted molar refractivity (Wildman–Crippen MR) is 124 cm³/mol. The van der Waals surface area contributed by atoms with E-state index < -0.39 is 0 Å². The van der Waals surface area contributed by atoms with E-state index in [1.54, 1.807) is 12.1 Å². The van der Waals surface area contributed by atoms with Gasteiger partial charge in [0, 0.05) is 34.9 Å². The second kappa shape index (κ2) is 8.69. The first-order valence-corrected chi connectivity index (χ1v) is 11.2. The molecule has 1 aromatic carbocycles. The van der Waals surface area contributed by atoms with Crippen LogP contribution in [0.2, 0.25) is 0 Å². The van der Waals surface area contributed by atoms with E-state index in [-0.39, 0.29) is 11.9 Å². The van der Waals surface area contributed by atoms with Gasteiger partial charge in [-0.15, -0.1) is 0 Å². The summed E-state index contributed by atoms with van der Waals surface area (Å²) in [5.74, 6) is 1.83. The van der Waals surface area contributed by atoms with Crippen LogP contribution in [0.1, 0.15) is 52.0 Å². The molecule has 2 aliphatic heterocycles. The maximum atomic E-state index is 13.4. The summed E-state index contributed by atoms with van der Waals surface area (Å²) >= 11 is 0. The van der Waals surface area contributed by atoms with E-state index >= 15 is 0 Å². The van der Waals surface area contributed by atoms with E-state index in [0.29, 0.717) is 42.8 Å². The number of anilines is 2. The van der Waals surface area contributed by atoms with Gasteiger partial charge in [0.05, 0.1) is 11.7 Å². The Balaban J connectivity index is 1.41. The Morgan fingerprint density at radius 3 is 2.45 bits per heavy atom. The van der Waals surface area contributed by atoms with Crippen molar-refractivity contribution in [1.82, 2.24) is 19.9 Å². The topological polar surface area (TPSA) is 89.5 Å². The molecule has 0 unspecified atom stereocenters. The van der Waals surface area contributed by atoms with Gasteiger partial charge in [-0.3, -0.25) is 9.78 Å². The van der Waals surface area contributed by atoms with Crippen molar-refractivity contribution in [3.8, 4) is 11.5 Å². The Labute approximate surface area is 193 Å². The number of nitrogens with zero attached hydrogens (tertiary/aromatic N) is 4. The third-order valence-electron chi connectivity index (χ3n) is 5.86. The van der Waals surface area contributed by atoms with E-state index in [1.807, 2.05) is 49.9 Å². The fourth-order valence-electron chi connectivity index (χ4n) is 4.51. The minimum absolute atomic E-state index is 0.0232. The molecule has 33 heavy (non-hydrogen) atoms. The first-order chi connectivity index (χ1) is 16.0. The number of aromatic nitrogens is 3. The minimum atomic E-state index is -0.0914. The van der Waals surface area contributed by atoms with Gasteiger partial charge in [0.15, 0.2) is 11.5 Å². The SMILES string of the molecule is Cc1cc(Nc2nc(C)cc(C)n2)cc([C@H]2CCCN2C(=O)c2ccc3c(c2)OCCO3)n1. The van der Waals surface area contributed by atoms with Gasteiger partial charge in [-0.1, -0.05) is 0 Å². The molecule has 2 aliphatic rings. The molecule has 0 spiro atoms. The van der Waals surface area contributed by atoms with Gasteiger partial charge >= 0.3 is 0 Å². The van der Waals surface area contributed by atoms with E-state index in [0.717, 1.165) is 41.3 Å². The Morgan fingerprint density at radius 1 is 0.939 bits per heavy atom. The van der Waals surface area contributed by atoms with E-state index in [1.165, 1.54) is 0 Å². The highest BCUT2D eigenvalue weighted by Gasteiger charge is 2.32. The van der Waals surface area contributed by atoms with Crippen molar-refractivity contribution in [1.29, 1.82) is 0 Å². The van der Waals surface area contributed by atoms with Crippen molar-refractivity contribution in [3.63, 3.8) is 0 Å². The van der Waals surface area contributed by atoms with Crippen molar-refractivity contribution in [3.05, 3.63) is 64.7 Å². The zero-order valence-electron chi connectivity index (χ0n) is 19.1. The maximum Gasteiger partial charge on any atom is 0.254 e. The lowest BCUT2D eigenvalue weighted by Gasteiger charge is -2.26. The number of pyridine rings is 1. The van der Waals surface area contributed by atoms with E-state index in [4.69, 9.17) is 14.5 Å².